The fourth-order valence-electron chi connectivity index (χ4n) is 1.46. The van der Waals surface area contributed by atoms with Gasteiger partial charge in [-0.3, -0.25) is 4.79 Å². The molecule has 0 bridgehead atoms. The van der Waals surface area contributed by atoms with Crippen molar-refractivity contribution >= 4 is 17.3 Å². The van der Waals surface area contributed by atoms with Crippen molar-refractivity contribution in [1.29, 1.82) is 0 Å². The third-order valence-corrected chi connectivity index (χ3v) is 3.27. The molecular formula is C10H12N4OS. The van der Waals surface area contributed by atoms with Crippen molar-refractivity contribution in [3.05, 3.63) is 28.8 Å². The van der Waals surface area contributed by atoms with Crippen molar-refractivity contribution in [1.82, 2.24) is 19.1 Å². The van der Waals surface area contributed by atoms with Crippen molar-refractivity contribution in [2.75, 3.05) is 0 Å². The molecule has 0 saturated heterocycles. The molecule has 0 fully saturated rings. The summed E-state index contributed by atoms with van der Waals surface area (Å²) >= 11 is 1.16. The van der Waals surface area contributed by atoms with Crippen LogP contribution in [0.25, 0.3) is 0 Å². The number of aromatic nitrogens is 4. The Kier molecular flexibility index (Phi) is 3.09. The molecule has 16 heavy (non-hydrogen) atoms. The van der Waals surface area contributed by atoms with Crippen LogP contribution in [-0.2, 0) is 13.5 Å². The standard InChI is InChI=1S/C10H12N4OS/c1-7-10(16-13-12-7)8(15)3-4-9-11-5-6-14(9)2/h5-6H,3-4H2,1-2H3. The summed E-state index contributed by atoms with van der Waals surface area (Å²) in [5, 5.41) is 3.83. The zero-order valence-electron chi connectivity index (χ0n) is 9.17. The van der Waals surface area contributed by atoms with Crippen LogP contribution in [0, 0.1) is 6.92 Å². The average Bonchev–Trinajstić information content (AvgIpc) is 2.84. The molecule has 6 heteroatoms. The molecule has 2 heterocycles. The van der Waals surface area contributed by atoms with Gasteiger partial charge in [-0.05, 0) is 18.5 Å². The summed E-state index contributed by atoms with van der Waals surface area (Å²) in [6, 6.07) is 0. The summed E-state index contributed by atoms with van der Waals surface area (Å²) in [5.41, 5.74) is 0.717. The molecule has 0 aliphatic rings. The van der Waals surface area contributed by atoms with Crippen LogP contribution < -0.4 is 0 Å². The van der Waals surface area contributed by atoms with Gasteiger partial charge in [0.1, 0.15) is 10.7 Å². The molecule has 84 valence electrons. The maximum Gasteiger partial charge on any atom is 0.176 e. The van der Waals surface area contributed by atoms with Crippen molar-refractivity contribution in [2.24, 2.45) is 7.05 Å². The van der Waals surface area contributed by atoms with Crippen LogP contribution in [0.5, 0.6) is 0 Å². The second kappa shape index (κ2) is 4.52. The van der Waals surface area contributed by atoms with Crippen LogP contribution in [0.1, 0.15) is 27.6 Å². The molecule has 0 N–H and O–H groups in total. The number of Topliss-reactive ketones (excluding diaryl/α,β-unsaturated/α-hetero) is 1. The predicted octanol–water partition coefficient (Wildman–Crippen LogP) is 1.40. The molecule has 0 spiro atoms. The lowest BCUT2D eigenvalue weighted by atomic mass is 10.1. The SMILES string of the molecule is Cc1nnsc1C(=O)CCc1nccn1C. The number of carbonyl (C=O) groups excluding carboxylic acids is 1. The Morgan fingerprint density at radius 2 is 2.38 bits per heavy atom. The number of carbonyl (C=O) groups is 1. The fourth-order valence-corrected chi connectivity index (χ4v) is 2.08. The Labute approximate surface area is 97.3 Å². The minimum atomic E-state index is 0.0931. The highest BCUT2D eigenvalue weighted by atomic mass is 32.1. The molecule has 2 aromatic rings. The van der Waals surface area contributed by atoms with Gasteiger partial charge in [0.05, 0.1) is 5.69 Å². The van der Waals surface area contributed by atoms with E-state index in [-0.39, 0.29) is 5.78 Å². The third kappa shape index (κ3) is 2.16. The number of hydrogen-bond donors (Lipinski definition) is 0. The number of nitrogens with zero attached hydrogens (tertiary/aromatic N) is 4. The van der Waals surface area contributed by atoms with E-state index >= 15 is 0 Å². The van der Waals surface area contributed by atoms with Gasteiger partial charge in [0, 0.05) is 32.3 Å². The van der Waals surface area contributed by atoms with Gasteiger partial charge in [0.25, 0.3) is 0 Å². The molecular weight excluding hydrogens is 224 g/mol. The van der Waals surface area contributed by atoms with Crippen LogP contribution in [0.15, 0.2) is 12.4 Å². The normalized spacial score (nSPS) is 10.6. The summed E-state index contributed by atoms with van der Waals surface area (Å²) in [7, 11) is 1.92. The van der Waals surface area contributed by atoms with Crippen LogP contribution in [0.2, 0.25) is 0 Å². The van der Waals surface area contributed by atoms with Gasteiger partial charge in [-0.25, -0.2) is 4.98 Å². The van der Waals surface area contributed by atoms with E-state index in [4.69, 9.17) is 0 Å². The molecule has 0 atom stereocenters. The summed E-state index contributed by atoms with van der Waals surface area (Å²) in [6.45, 7) is 1.80. The fraction of sp³-hybridized carbons (Fsp3) is 0.400. The second-order valence-electron chi connectivity index (χ2n) is 3.57. The highest BCUT2D eigenvalue weighted by Gasteiger charge is 2.13. The summed E-state index contributed by atoms with van der Waals surface area (Å²) in [4.78, 5) is 16.7. The predicted molar refractivity (Wildman–Crippen MR) is 60.5 cm³/mol. The first kappa shape index (κ1) is 10.9. The van der Waals surface area contributed by atoms with Gasteiger partial charge in [-0.1, -0.05) is 4.49 Å². The lowest BCUT2D eigenvalue weighted by molar-refractivity contribution is 0.0985. The monoisotopic (exact) mass is 236 g/mol. The van der Waals surface area contributed by atoms with E-state index in [1.807, 2.05) is 17.8 Å². The van der Waals surface area contributed by atoms with E-state index in [1.165, 1.54) is 0 Å². The smallest absolute Gasteiger partial charge is 0.176 e. The van der Waals surface area contributed by atoms with Gasteiger partial charge in [-0.15, -0.1) is 5.10 Å². The molecule has 0 saturated carbocycles. The van der Waals surface area contributed by atoms with Gasteiger partial charge in [0.15, 0.2) is 5.78 Å². The first-order chi connectivity index (χ1) is 7.68. The molecule has 0 radical (unpaired) electrons. The Morgan fingerprint density at radius 1 is 1.56 bits per heavy atom. The number of aryl methyl sites for hydroxylation is 3. The van der Waals surface area contributed by atoms with E-state index < -0.39 is 0 Å². The number of rotatable bonds is 4. The van der Waals surface area contributed by atoms with Crippen LogP contribution in [-0.4, -0.2) is 24.9 Å². The number of ketones is 1. The minimum Gasteiger partial charge on any atom is -0.338 e. The topological polar surface area (TPSA) is 60.7 Å². The quantitative estimate of drug-likeness (QED) is 0.753. The lowest BCUT2D eigenvalue weighted by Crippen LogP contribution is -2.04. The van der Waals surface area contributed by atoms with E-state index in [2.05, 4.69) is 14.6 Å². The molecule has 5 nitrogen and oxygen atoms in total. The molecule has 0 unspecified atom stereocenters. The second-order valence-corrected chi connectivity index (χ2v) is 4.32. The largest absolute Gasteiger partial charge is 0.338 e. The minimum absolute atomic E-state index is 0.0931. The van der Waals surface area contributed by atoms with Crippen molar-refractivity contribution in [2.45, 2.75) is 19.8 Å². The van der Waals surface area contributed by atoms with E-state index in [0.717, 1.165) is 23.1 Å². The Balaban J connectivity index is 1.99. The molecule has 0 aliphatic heterocycles. The Hall–Kier alpha value is -1.56. The maximum absolute atomic E-state index is 11.8. The van der Waals surface area contributed by atoms with E-state index in [9.17, 15) is 4.79 Å². The number of hydrogen-bond acceptors (Lipinski definition) is 5. The highest BCUT2D eigenvalue weighted by Crippen LogP contribution is 2.13. The van der Waals surface area contributed by atoms with Crippen LogP contribution >= 0.6 is 11.5 Å². The molecule has 0 amide bonds. The zero-order valence-corrected chi connectivity index (χ0v) is 9.99. The zero-order chi connectivity index (χ0) is 11.5. The van der Waals surface area contributed by atoms with Crippen molar-refractivity contribution in [3.8, 4) is 0 Å². The molecule has 0 aliphatic carbocycles. The third-order valence-electron chi connectivity index (χ3n) is 2.40. The first-order valence-electron chi connectivity index (χ1n) is 4.97. The van der Waals surface area contributed by atoms with E-state index in [0.29, 0.717) is 17.7 Å². The lowest BCUT2D eigenvalue weighted by Gasteiger charge is -2.00. The number of imidazole rings is 1. The maximum atomic E-state index is 11.8. The summed E-state index contributed by atoms with van der Waals surface area (Å²) in [5.74, 6) is 1.01. The highest BCUT2D eigenvalue weighted by molar-refractivity contribution is 7.08. The summed E-state index contributed by atoms with van der Waals surface area (Å²) < 4.78 is 5.68. The molecule has 2 aromatic heterocycles. The van der Waals surface area contributed by atoms with Gasteiger partial charge < -0.3 is 4.57 Å². The van der Waals surface area contributed by atoms with Crippen LogP contribution in [0.4, 0.5) is 0 Å². The van der Waals surface area contributed by atoms with Crippen molar-refractivity contribution < 1.29 is 4.79 Å². The Bertz CT molecular complexity index is 502. The molecule has 0 aromatic carbocycles. The van der Waals surface area contributed by atoms with Gasteiger partial charge in [-0.2, -0.15) is 0 Å². The summed E-state index contributed by atoms with van der Waals surface area (Å²) in [6.07, 6.45) is 4.72. The van der Waals surface area contributed by atoms with Crippen molar-refractivity contribution in [3.63, 3.8) is 0 Å². The Morgan fingerprint density at radius 3 is 2.94 bits per heavy atom. The van der Waals surface area contributed by atoms with E-state index in [1.54, 1.807) is 13.1 Å². The average molecular weight is 236 g/mol. The van der Waals surface area contributed by atoms with Crippen LogP contribution in [0.3, 0.4) is 0 Å². The molecule has 2 rings (SSSR count). The van der Waals surface area contributed by atoms with Gasteiger partial charge >= 0.3 is 0 Å². The van der Waals surface area contributed by atoms with Gasteiger partial charge in [0.2, 0.25) is 0 Å². The first-order valence-corrected chi connectivity index (χ1v) is 5.74.